The van der Waals surface area contributed by atoms with Crippen molar-refractivity contribution < 1.29 is 0 Å². The van der Waals surface area contributed by atoms with Gasteiger partial charge in [-0.05, 0) is 5.16 Å². The Hall–Kier alpha value is 1.59. The average Bonchev–Trinajstić information content (AvgIpc) is 1.92. The minimum atomic E-state index is -1.68. The molecule has 0 aliphatic carbocycles. The van der Waals surface area contributed by atoms with Crippen LogP contribution in [0.25, 0.3) is 0 Å². The van der Waals surface area contributed by atoms with Crippen molar-refractivity contribution in [3.63, 3.8) is 0 Å². The van der Waals surface area contributed by atoms with Gasteiger partial charge < -0.3 is 0 Å². The van der Waals surface area contributed by atoms with E-state index in [2.05, 4.69) is 79.7 Å². The van der Waals surface area contributed by atoms with Gasteiger partial charge >= 0.3 is 0 Å². The normalized spacial score (nSPS) is 17.5. The summed E-state index contributed by atoms with van der Waals surface area (Å²) >= 11 is 7.75. The zero-order valence-corrected chi connectivity index (χ0v) is 21.0. The maximum atomic E-state index is 7.75. The molecule has 0 radical (unpaired) electrons. The molecule has 0 aliphatic rings. The van der Waals surface area contributed by atoms with Gasteiger partial charge in [0.05, 0.1) is 22.9 Å². The van der Waals surface area contributed by atoms with Gasteiger partial charge in [0.2, 0.25) is 0 Å². The largest absolute Gasteiger partial charge is 0.169 e. The summed E-state index contributed by atoms with van der Waals surface area (Å²) in [6, 6.07) is 0. The molecule has 0 fully saturated rings. The van der Waals surface area contributed by atoms with Crippen molar-refractivity contribution in [2.24, 2.45) is 0 Å². The van der Waals surface area contributed by atoms with E-state index in [4.69, 9.17) is 11.1 Å². The van der Waals surface area contributed by atoms with Gasteiger partial charge in [-0.15, -0.1) is 7.02 Å². The van der Waals surface area contributed by atoms with E-state index in [1.165, 1.54) is 0 Å². The van der Waals surface area contributed by atoms with Crippen LogP contribution in [0.5, 0.6) is 0 Å². The lowest BCUT2D eigenvalue weighted by Gasteiger charge is -2.58. The van der Waals surface area contributed by atoms with E-state index in [0.29, 0.717) is 5.16 Å². The molecule has 19 heavy (non-hydrogen) atoms. The lowest BCUT2D eigenvalue weighted by Crippen LogP contribution is -2.70. The van der Waals surface area contributed by atoms with E-state index < -0.39 is 29.0 Å². The van der Waals surface area contributed by atoms with E-state index in [0.717, 1.165) is 0 Å². The predicted molar refractivity (Wildman–Crippen MR) is 108 cm³/mol. The third kappa shape index (κ3) is 4.29. The molecule has 1 atom stereocenters. The average molecular weight is 371 g/mol. The Bertz CT molecular complexity index is 289. The van der Waals surface area contributed by atoms with Gasteiger partial charge in [-0.2, -0.15) is 11.1 Å². The van der Waals surface area contributed by atoms with E-state index in [1.54, 1.807) is 0 Å². The number of halogens is 1. The highest BCUT2D eigenvalue weighted by atomic mass is 35.6. The van der Waals surface area contributed by atoms with Crippen LogP contribution in [0.15, 0.2) is 0 Å². The summed E-state index contributed by atoms with van der Waals surface area (Å²) in [4.78, 5) is 0. The van der Waals surface area contributed by atoms with Crippen molar-refractivity contribution in [2.45, 2.75) is 84.9 Å². The number of rotatable bonds is 4. The van der Waals surface area contributed by atoms with Gasteiger partial charge in [-0.3, -0.25) is 0 Å². The zero-order valence-electron chi connectivity index (χ0n) is 15.3. The summed E-state index contributed by atoms with van der Waals surface area (Å²) < 4.78 is 0. The topological polar surface area (TPSA) is 0 Å². The van der Waals surface area contributed by atoms with E-state index in [1.807, 2.05) is 0 Å². The molecule has 0 aromatic heterocycles. The fourth-order valence-corrected chi connectivity index (χ4v) is 126. The monoisotopic (exact) mass is 370 g/mol. The van der Waals surface area contributed by atoms with Gasteiger partial charge in [-0.25, -0.2) is 0 Å². The van der Waals surface area contributed by atoms with Crippen LogP contribution in [0, 0.1) is 0 Å². The van der Waals surface area contributed by atoms with E-state index in [-0.39, 0.29) is 7.02 Å². The van der Waals surface area contributed by atoms with E-state index >= 15 is 0 Å². The molecule has 0 N–H and O–H groups in total. The van der Waals surface area contributed by atoms with E-state index in [9.17, 15) is 0 Å². The molecule has 0 aromatic rings. The molecule has 0 aromatic carbocycles. The summed E-state index contributed by atoms with van der Waals surface area (Å²) in [5.41, 5.74) is 0. The van der Waals surface area contributed by atoms with Crippen LogP contribution in [0.4, 0.5) is 0 Å². The van der Waals surface area contributed by atoms with Gasteiger partial charge in [0.25, 0.3) is 0 Å². The Morgan fingerprint density at radius 3 is 1.00 bits per heavy atom. The second kappa shape index (κ2) is 5.66. The summed E-state index contributed by atoms with van der Waals surface area (Å²) in [7, 11) is -3.81. The molecule has 0 rings (SSSR count). The van der Waals surface area contributed by atoms with Gasteiger partial charge in [0.1, 0.15) is 0 Å². The Labute approximate surface area is 131 Å². The quantitative estimate of drug-likeness (QED) is 0.296. The molecule has 0 bridgehead atoms. The van der Waals surface area contributed by atoms with Crippen LogP contribution in [0.3, 0.4) is 0 Å². The van der Waals surface area contributed by atoms with Gasteiger partial charge in [0, 0.05) is 0 Å². The van der Waals surface area contributed by atoms with Crippen molar-refractivity contribution in [2.75, 3.05) is 0 Å². The molecular weight excluding hydrogens is 335 g/mol. The standard InChI is InChI=1S/C13H36ClPSi4/c1-13(2,3)15(16(4,5)6)19(14,17(7,8)9)18(10,11)12/h1-12H3. The predicted octanol–water partition coefficient (Wildman–Crippen LogP) is 6.62. The first-order valence-corrected chi connectivity index (χ1v) is 25.9. The lowest BCUT2D eigenvalue weighted by molar-refractivity contribution is 0.797. The van der Waals surface area contributed by atoms with Crippen LogP contribution in [0.2, 0.25) is 58.9 Å². The van der Waals surface area contributed by atoms with Crippen LogP contribution in [0.1, 0.15) is 20.8 Å². The molecule has 0 spiro atoms. The van der Waals surface area contributed by atoms with Crippen LogP contribution in [-0.2, 0) is 0 Å². The Balaban J connectivity index is 6.28. The highest BCUT2D eigenvalue weighted by molar-refractivity contribution is 8.38. The molecular formula is C13H36ClPSi4. The molecule has 6 heteroatoms. The molecule has 0 saturated heterocycles. The first kappa shape index (κ1) is 20.6. The first-order chi connectivity index (χ1) is 7.87. The SMILES string of the molecule is CC(C)(C)P([Si](C)(C)C)[Si](Cl)([Si](C)(C)C)[Si](C)(C)C. The van der Waals surface area contributed by atoms with Crippen molar-refractivity contribution >= 4 is 47.1 Å². The Morgan fingerprint density at radius 2 is 0.947 bits per heavy atom. The smallest absolute Gasteiger partial charge is 0.158 e. The summed E-state index contributed by atoms with van der Waals surface area (Å²) in [5.74, 6) is 0. The fraction of sp³-hybridized carbons (Fsp3) is 1.00. The van der Waals surface area contributed by atoms with Crippen LogP contribution < -0.4 is 0 Å². The summed E-state index contributed by atoms with van der Waals surface area (Å²) in [6.45, 7) is 30.5. The highest BCUT2D eigenvalue weighted by Gasteiger charge is 2.63. The molecule has 1 unspecified atom stereocenters. The van der Waals surface area contributed by atoms with Crippen molar-refractivity contribution in [3.8, 4) is 0 Å². The molecule has 0 saturated carbocycles. The lowest BCUT2D eigenvalue weighted by atomic mass is 10.3. The number of hydrogen-bond acceptors (Lipinski definition) is 0. The van der Waals surface area contributed by atoms with Gasteiger partial charge in [-0.1, -0.05) is 79.7 Å². The number of hydrogen-bond donors (Lipinski definition) is 0. The first-order valence-electron chi connectivity index (χ1n) is 7.36. The fourth-order valence-electron chi connectivity index (χ4n) is 3.73. The molecule has 0 nitrogen and oxygen atoms in total. The minimum Gasteiger partial charge on any atom is -0.169 e. The van der Waals surface area contributed by atoms with Crippen LogP contribution in [-0.4, -0.2) is 34.2 Å². The van der Waals surface area contributed by atoms with Crippen molar-refractivity contribution in [1.82, 2.24) is 0 Å². The minimum absolute atomic E-state index is 0.00231. The third-order valence-electron chi connectivity index (χ3n) is 3.64. The molecule has 116 valence electrons. The maximum Gasteiger partial charge on any atom is 0.158 e. The molecule has 0 amide bonds. The van der Waals surface area contributed by atoms with Crippen molar-refractivity contribution in [1.29, 1.82) is 0 Å². The second-order valence-corrected chi connectivity index (χ2v) is 58.4. The maximum absolute atomic E-state index is 7.75. The summed E-state index contributed by atoms with van der Waals surface area (Å²) in [5, 5.41) is 0.425. The Morgan fingerprint density at radius 1 is 0.684 bits per heavy atom. The van der Waals surface area contributed by atoms with Crippen LogP contribution >= 0.6 is 18.1 Å². The molecule has 0 heterocycles. The highest BCUT2D eigenvalue weighted by Crippen LogP contribution is 2.69. The second-order valence-electron chi connectivity index (χ2n) is 9.80. The zero-order chi connectivity index (χ0) is 16.1. The molecule has 0 aliphatic heterocycles. The third-order valence-corrected chi connectivity index (χ3v) is 88.4. The van der Waals surface area contributed by atoms with Gasteiger partial charge in [0.15, 0.2) is 6.09 Å². The summed E-state index contributed by atoms with van der Waals surface area (Å²) in [6.07, 6.45) is -1.68. The van der Waals surface area contributed by atoms with Crippen molar-refractivity contribution in [3.05, 3.63) is 0 Å². The Kier molecular flexibility index (Phi) is 6.13.